The zero-order valence-electron chi connectivity index (χ0n) is 8.48. The lowest BCUT2D eigenvalue weighted by Gasteiger charge is -2.07. The number of nitrogens with zero attached hydrogens (tertiary/aromatic N) is 2. The molecule has 8 heteroatoms. The first-order chi connectivity index (χ1) is 8.22. The molecule has 5 nitrogen and oxygen atoms in total. The van der Waals surface area contributed by atoms with Crippen molar-refractivity contribution >= 4 is 39.7 Å². The van der Waals surface area contributed by atoms with Crippen LogP contribution in [0.5, 0.6) is 5.75 Å². The fourth-order valence-electron chi connectivity index (χ4n) is 1.15. The van der Waals surface area contributed by atoms with Gasteiger partial charge in [-0.25, -0.2) is 5.84 Å². The normalized spacial score (nSPS) is 10.3. The fourth-order valence-corrected chi connectivity index (χ4v) is 1.98. The predicted molar refractivity (Wildman–Crippen MR) is 68.5 cm³/mol. The van der Waals surface area contributed by atoms with Crippen LogP contribution in [0.1, 0.15) is 5.69 Å². The number of rotatable bonds is 4. The third-order valence-electron chi connectivity index (χ3n) is 1.97. The van der Waals surface area contributed by atoms with Gasteiger partial charge in [0.2, 0.25) is 0 Å². The molecule has 17 heavy (non-hydrogen) atoms. The van der Waals surface area contributed by atoms with E-state index in [1.54, 1.807) is 18.2 Å². The van der Waals surface area contributed by atoms with Gasteiger partial charge < -0.3 is 10.2 Å². The van der Waals surface area contributed by atoms with Crippen molar-refractivity contribution < 1.29 is 4.74 Å². The van der Waals surface area contributed by atoms with Crippen molar-refractivity contribution in [1.29, 1.82) is 0 Å². The first kappa shape index (κ1) is 12.4. The number of hydrazine groups is 1. The number of hydrogen-bond donors (Lipinski definition) is 2. The van der Waals surface area contributed by atoms with Gasteiger partial charge in [0, 0.05) is 11.5 Å². The lowest BCUT2D eigenvalue weighted by atomic mass is 10.3. The molecule has 0 saturated carbocycles. The summed E-state index contributed by atoms with van der Waals surface area (Å²) in [5.41, 5.74) is 3.11. The molecule has 0 aliphatic heterocycles. The Morgan fingerprint density at radius 2 is 2.24 bits per heavy atom. The molecule has 1 heterocycles. The van der Waals surface area contributed by atoms with Crippen LogP contribution in [0.15, 0.2) is 18.2 Å². The maximum Gasteiger partial charge on any atom is 0.150 e. The van der Waals surface area contributed by atoms with Gasteiger partial charge in [-0.15, -0.1) is 5.10 Å². The summed E-state index contributed by atoms with van der Waals surface area (Å²) >= 11 is 13.0. The number of anilines is 1. The zero-order valence-corrected chi connectivity index (χ0v) is 10.8. The Labute approximate surface area is 112 Å². The smallest absolute Gasteiger partial charge is 0.150 e. The lowest BCUT2D eigenvalue weighted by Crippen LogP contribution is -2.08. The van der Waals surface area contributed by atoms with Crippen molar-refractivity contribution in [2.75, 3.05) is 5.43 Å². The molecule has 0 bridgehead atoms. The molecule has 0 aliphatic carbocycles. The Kier molecular flexibility index (Phi) is 4.01. The maximum atomic E-state index is 5.98. The molecule has 1 aromatic carbocycles. The van der Waals surface area contributed by atoms with Crippen LogP contribution in [0.2, 0.25) is 10.0 Å². The highest BCUT2D eigenvalue weighted by Gasteiger charge is 2.10. The molecular formula is C9H8Cl2N4OS. The van der Waals surface area contributed by atoms with E-state index >= 15 is 0 Å². The summed E-state index contributed by atoms with van der Waals surface area (Å²) in [6, 6.07) is 5.17. The minimum absolute atomic E-state index is 0.218. The molecule has 0 amide bonds. The molecule has 3 N–H and O–H groups in total. The number of aromatic nitrogens is 2. The molecule has 2 rings (SSSR count). The average molecular weight is 291 g/mol. The highest BCUT2D eigenvalue weighted by Crippen LogP contribution is 2.32. The quantitative estimate of drug-likeness (QED) is 0.669. The minimum Gasteiger partial charge on any atom is -0.485 e. The van der Waals surface area contributed by atoms with E-state index in [1.165, 1.54) is 0 Å². The van der Waals surface area contributed by atoms with Crippen LogP contribution in [-0.2, 0) is 6.61 Å². The van der Waals surface area contributed by atoms with Crippen LogP contribution in [0.3, 0.4) is 0 Å². The van der Waals surface area contributed by atoms with Crippen molar-refractivity contribution in [3.8, 4) is 5.75 Å². The second kappa shape index (κ2) is 5.50. The molecule has 0 fully saturated rings. The SMILES string of the molecule is NNc1snnc1COc1cccc(Cl)c1Cl. The van der Waals surface area contributed by atoms with E-state index in [-0.39, 0.29) is 6.61 Å². The molecule has 90 valence electrons. The second-order valence-corrected chi connectivity index (χ2v) is 4.57. The van der Waals surface area contributed by atoms with Crippen LogP contribution in [0.4, 0.5) is 5.00 Å². The largest absolute Gasteiger partial charge is 0.485 e. The Bertz CT molecular complexity index is 519. The van der Waals surface area contributed by atoms with E-state index in [0.717, 1.165) is 11.5 Å². The summed E-state index contributed by atoms with van der Waals surface area (Å²) in [5, 5.41) is 5.35. The predicted octanol–water partition coefficient (Wildman–Crippen LogP) is 2.71. The van der Waals surface area contributed by atoms with Crippen LogP contribution >= 0.6 is 34.7 Å². The van der Waals surface area contributed by atoms with Crippen LogP contribution < -0.4 is 16.0 Å². The number of benzene rings is 1. The molecule has 1 aromatic heterocycles. The lowest BCUT2D eigenvalue weighted by molar-refractivity contribution is 0.302. The third-order valence-corrected chi connectivity index (χ3v) is 3.47. The van der Waals surface area contributed by atoms with Crippen molar-refractivity contribution in [3.63, 3.8) is 0 Å². The molecular weight excluding hydrogens is 283 g/mol. The van der Waals surface area contributed by atoms with Gasteiger partial charge in [-0.05, 0) is 12.1 Å². The molecule has 0 radical (unpaired) electrons. The summed E-state index contributed by atoms with van der Waals surface area (Å²) in [4.78, 5) is 0. The second-order valence-electron chi connectivity index (χ2n) is 3.03. The summed E-state index contributed by atoms with van der Waals surface area (Å²) in [7, 11) is 0. The topological polar surface area (TPSA) is 73.1 Å². The summed E-state index contributed by atoms with van der Waals surface area (Å²) in [6.45, 7) is 0.218. The number of ether oxygens (including phenoxy) is 1. The molecule has 0 unspecified atom stereocenters. The summed E-state index contributed by atoms with van der Waals surface area (Å²) < 4.78 is 9.25. The standard InChI is InChI=1S/C9H8Cl2N4OS/c10-5-2-1-3-7(8(5)11)16-4-6-9(13-12)17-15-14-6/h1-3,13H,4,12H2. The summed E-state index contributed by atoms with van der Waals surface area (Å²) in [5.74, 6) is 5.79. The number of nitrogens with two attached hydrogens (primary N) is 1. The van der Waals surface area contributed by atoms with Gasteiger partial charge >= 0.3 is 0 Å². The highest BCUT2D eigenvalue weighted by molar-refractivity contribution is 7.10. The molecule has 0 aliphatic rings. The van der Waals surface area contributed by atoms with Crippen LogP contribution in [0.25, 0.3) is 0 Å². The van der Waals surface area contributed by atoms with Crippen molar-refractivity contribution in [2.45, 2.75) is 6.61 Å². The number of halogens is 2. The Morgan fingerprint density at radius 3 is 3.00 bits per heavy atom. The Hall–Kier alpha value is -1.08. The maximum absolute atomic E-state index is 5.98. The molecule has 0 saturated heterocycles. The van der Waals surface area contributed by atoms with Gasteiger partial charge in [0.15, 0.2) is 5.00 Å². The van der Waals surface area contributed by atoms with Crippen molar-refractivity contribution in [2.24, 2.45) is 5.84 Å². The van der Waals surface area contributed by atoms with E-state index in [2.05, 4.69) is 15.0 Å². The fraction of sp³-hybridized carbons (Fsp3) is 0.111. The monoisotopic (exact) mass is 290 g/mol. The van der Waals surface area contributed by atoms with E-state index in [9.17, 15) is 0 Å². The van der Waals surface area contributed by atoms with Crippen LogP contribution in [0, 0.1) is 0 Å². The first-order valence-corrected chi connectivity index (χ1v) is 6.10. The molecule has 2 aromatic rings. The first-order valence-electron chi connectivity index (χ1n) is 4.57. The van der Waals surface area contributed by atoms with Gasteiger partial charge in [-0.1, -0.05) is 33.8 Å². The number of nitrogen functional groups attached to an aromatic ring is 1. The highest BCUT2D eigenvalue weighted by atomic mass is 35.5. The Morgan fingerprint density at radius 1 is 1.41 bits per heavy atom. The minimum atomic E-state index is 0.218. The van der Waals surface area contributed by atoms with E-state index < -0.39 is 0 Å². The summed E-state index contributed by atoms with van der Waals surface area (Å²) in [6.07, 6.45) is 0. The average Bonchev–Trinajstić information content (AvgIpc) is 2.78. The van der Waals surface area contributed by atoms with Gasteiger partial charge in [0.05, 0.1) is 5.02 Å². The van der Waals surface area contributed by atoms with E-state index in [0.29, 0.717) is 26.5 Å². The van der Waals surface area contributed by atoms with Gasteiger partial charge in [-0.3, -0.25) is 0 Å². The third kappa shape index (κ3) is 2.78. The van der Waals surface area contributed by atoms with Gasteiger partial charge in [0.25, 0.3) is 0 Å². The molecule has 0 atom stereocenters. The molecule has 0 spiro atoms. The number of nitrogens with one attached hydrogen (secondary N) is 1. The van der Waals surface area contributed by atoms with Gasteiger partial charge in [0.1, 0.15) is 23.1 Å². The number of hydrogen-bond acceptors (Lipinski definition) is 6. The van der Waals surface area contributed by atoms with Crippen molar-refractivity contribution in [3.05, 3.63) is 33.9 Å². The van der Waals surface area contributed by atoms with E-state index in [4.69, 9.17) is 33.8 Å². The van der Waals surface area contributed by atoms with Gasteiger partial charge in [-0.2, -0.15) is 0 Å². The van der Waals surface area contributed by atoms with Crippen LogP contribution in [-0.4, -0.2) is 9.59 Å². The van der Waals surface area contributed by atoms with Crippen molar-refractivity contribution in [1.82, 2.24) is 9.59 Å². The van der Waals surface area contributed by atoms with E-state index in [1.807, 2.05) is 0 Å². The zero-order chi connectivity index (χ0) is 12.3. The Balaban J connectivity index is 2.10.